The van der Waals surface area contributed by atoms with E-state index in [-0.39, 0.29) is 23.9 Å². The fraction of sp³-hybridized carbons (Fsp3) is 0.222. The third-order valence-electron chi connectivity index (χ3n) is 3.84. The van der Waals surface area contributed by atoms with Crippen LogP contribution in [0.2, 0.25) is 0 Å². The Bertz CT molecular complexity index is 706. The lowest BCUT2D eigenvalue weighted by atomic mass is 9.99. The molecule has 4 nitrogen and oxygen atoms in total. The number of amides is 1. The standard InChI is InChI=1S/C18H17NO3/c20-17(13-6-7-13)19-11-15-10-14(8-9-16(15)18(21)22)12-4-2-1-3-5-12/h1-5,8-10,13H,6-7,11H2,(H,19,20)(H,21,22). The highest BCUT2D eigenvalue weighted by Gasteiger charge is 2.29. The fourth-order valence-corrected chi connectivity index (χ4v) is 2.43. The number of carbonyl (C=O) groups excluding carboxylic acids is 1. The molecule has 0 heterocycles. The molecule has 2 aromatic carbocycles. The van der Waals surface area contributed by atoms with Crippen LogP contribution in [0.1, 0.15) is 28.8 Å². The summed E-state index contributed by atoms with van der Waals surface area (Å²) in [7, 11) is 0. The van der Waals surface area contributed by atoms with Crippen LogP contribution in [0, 0.1) is 5.92 Å². The highest BCUT2D eigenvalue weighted by molar-refractivity contribution is 5.90. The molecule has 1 fully saturated rings. The minimum Gasteiger partial charge on any atom is -0.478 e. The zero-order valence-electron chi connectivity index (χ0n) is 12.1. The monoisotopic (exact) mass is 295 g/mol. The number of carboxylic acids is 1. The van der Waals surface area contributed by atoms with Crippen LogP contribution in [-0.2, 0) is 11.3 Å². The Kier molecular flexibility index (Phi) is 3.92. The molecule has 1 amide bonds. The van der Waals surface area contributed by atoms with E-state index in [1.165, 1.54) is 0 Å². The molecule has 2 N–H and O–H groups in total. The van der Waals surface area contributed by atoms with Crippen molar-refractivity contribution in [2.75, 3.05) is 0 Å². The van der Waals surface area contributed by atoms with E-state index in [1.54, 1.807) is 12.1 Å². The molecule has 0 saturated heterocycles. The SMILES string of the molecule is O=C(O)c1ccc(-c2ccccc2)cc1CNC(=O)C1CC1. The van der Waals surface area contributed by atoms with Crippen LogP contribution in [-0.4, -0.2) is 17.0 Å². The van der Waals surface area contributed by atoms with Crippen molar-refractivity contribution >= 4 is 11.9 Å². The zero-order valence-corrected chi connectivity index (χ0v) is 12.1. The van der Waals surface area contributed by atoms with Crippen LogP contribution >= 0.6 is 0 Å². The minimum atomic E-state index is -0.977. The van der Waals surface area contributed by atoms with Gasteiger partial charge in [0.15, 0.2) is 0 Å². The van der Waals surface area contributed by atoms with Gasteiger partial charge in [-0.15, -0.1) is 0 Å². The van der Waals surface area contributed by atoms with E-state index in [9.17, 15) is 14.7 Å². The van der Waals surface area contributed by atoms with Gasteiger partial charge in [0, 0.05) is 12.5 Å². The summed E-state index contributed by atoms with van der Waals surface area (Å²) >= 11 is 0. The Labute approximate surface area is 128 Å². The summed E-state index contributed by atoms with van der Waals surface area (Å²) in [5.74, 6) is -0.845. The van der Waals surface area contributed by atoms with Crippen molar-refractivity contribution in [1.82, 2.24) is 5.32 Å². The Morgan fingerprint density at radius 2 is 1.77 bits per heavy atom. The molecule has 2 aromatic rings. The van der Waals surface area contributed by atoms with Crippen molar-refractivity contribution in [3.05, 3.63) is 59.7 Å². The summed E-state index contributed by atoms with van der Waals surface area (Å²) in [4.78, 5) is 23.1. The second-order valence-corrected chi connectivity index (χ2v) is 5.54. The first-order chi connectivity index (χ1) is 10.6. The minimum absolute atomic E-state index is 0.0152. The molecule has 0 unspecified atom stereocenters. The smallest absolute Gasteiger partial charge is 0.336 e. The number of hydrogen-bond acceptors (Lipinski definition) is 2. The lowest BCUT2D eigenvalue weighted by Crippen LogP contribution is -2.25. The zero-order chi connectivity index (χ0) is 15.5. The molecule has 0 spiro atoms. The van der Waals surface area contributed by atoms with Crippen molar-refractivity contribution in [2.45, 2.75) is 19.4 Å². The number of carboxylic acid groups (broad SMARTS) is 1. The van der Waals surface area contributed by atoms with E-state index in [4.69, 9.17) is 0 Å². The molecule has 0 aromatic heterocycles. The van der Waals surface area contributed by atoms with Gasteiger partial charge in [0.2, 0.25) is 5.91 Å². The Hall–Kier alpha value is -2.62. The molecule has 1 saturated carbocycles. The second-order valence-electron chi connectivity index (χ2n) is 5.54. The highest BCUT2D eigenvalue weighted by Crippen LogP contribution is 2.29. The summed E-state index contributed by atoms with van der Waals surface area (Å²) in [6.07, 6.45) is 1.86. The lowest BCUT2D eigenvalue weighted by molar-refractivity contribution is -0.122. The second kappa shape index (κ2) is 6.02. The average Bonchev–Trinajstić information content (AvgIpc) is 3.38. The fourth-order valence-electron chi connectivity index (χ4n) is 2.43. The number of aromatic carboxylic acids is 1. The van der Waals surface area contributed by atoms with Crippen LogP contribution in [0.5, 0.6) is 0 Å². The maximum atomic E-state index is 11.8. The maximum Gasteiger partial charge on any atom is 0.336 e. The van der Waals surface area contributed by atoms with Gasteiger partial charge in [-0.1, -0.05) is 36.4 Å². The first kappa shape index (κ1) is 14.3. The van der Waals surface area contributed by atoms with Gasteiger partial charge in [-0.3, -0.25) is 4.79 Å². The largest absolute Gasteiger partial charge is 0.478 e. The maximum absolute atomic E-state index is 11.8. The van der Waals surface area contributed by atoms with Crippen LogP contribution in [0.3, 0.4) is 0 Å². The third kappa shape index (κ3) is 3.17. The van der Waals surface area contributed by atoms with E-state index in [1.807, 2.05) is 36.4 Å². The Morgan fingerprint density at radius 1 is 1.05 bits per heavy atom. The number of nitrogens with one attached hydrogen (secondary N) is 1. The molecular formula is C18H17NO3. The van der Waals surface area contributed by atoms with Gasteiger partial charge in [-0.05, 0) is 41.7 Å². The first-order valence-corrected chi connectivity index (χ1v) is 7.34. The van der Waals surface area contributed by atoms with Gasteiger partial charge in [-0.2, -0.15) is 0 Å². The third-order valence-corrected chi connectivity index (χ3v) is 3.84. The molecule has 0 bridgehead atoms. The van der Waals surface area contributed by atoms with Gasteiger partial charge in [0.25, 0.3) is 0 Å². The van der Waals surface area contributed by atoms with Crippen LogP contribution in [0.4, 0.5) is 0 Å². The van der Waals surface area contributed by atoms with Crippen LogP contribution in [0.25, 0.3) is 11.1 Å². The van der Waals surface area contributed by atoms with Crippen molar-refractivity contribution < 1.29 is 14.7 Å². The molecule has 22 heavy (non-hydrogen) atoms. The molecule has 0 atom stereocenters. The molecule has 1 aliphatic carbocycles. The van der Waals surface area contributed by atoms with E-state index in [0.29, 0.717) is 5.56 Å². The van der Waals surface area contributed by atoms with Gasteiger partial charge < -0.3 is 10.4 Å². The Morgan fingerprint density at radius 3 is 2.41 bits per heavy atom. The molecule has 4 heteroatoms. The van der Waals surface area contributed by atoms with Crippen molar-refractivity contribution in [2.24, 2.45) is 5.92 Å². The van der Waals surface area contributed by atoms with Gasteiger partial charge >= 0.3 is 5.97 Å². The van der Waals surface area contributed by atoms with Crippen LogP contribution < -0.4 is 5.32 Å². The highest BCUT2D eigenvalue weighted by atomic mass is 16.4. The molecule has 112 valence electrons. The number of rotatable bonds is 5. The molecule has 3 rings (SSSR count). The van der Waals surface area contributed by atoms with Crippen LogP contribution in [0.15, 0.2) is 48.5 Å². The van der Waals surface area contributed by atoms with Gasteiger partial charge in [-0.25, -0.2) is 4.79 Å². The predicted octanol–water partition coefficient (Wildman–Crippen LogP) is 3.08. The summed E-state index contributed by atoms with van der Waals surface area (Å²) in [5.41, 5.74) is 2.83. The van der Waals surface area contributed by atoms with Gasteiger partial charge in [0.1, 0.15) is 0 Å². The number of carbonyl (C=O) groups is 2. The summed E-state index contributed by atoms with van der Waals surface area (Å²) in [6, 6.07) is 15.0. The van der Waals surface area contributed by atoms with E-state index in [2.05, 4.69) is 5.32 Å². The summed E-state index contributed by atoms with van der Waals surface area (Å²) in [5, 5.41) is 12.1. The number of hydrogen-bond donors (Lipinski definition) is 2. The molecule has 0 aliphatic heterocycles. The quantitative estimate of drug-likeness (QED) is 0.891. The van der Waals surface area contributed by atoms with E-state index in [0.717, 1.165) is 24.0 Å². The first-order valence-electron chi connectivity index (χ1n) is 7.34. The molecule has 0 radical (unpaired) electrons. The molecule has 1 aliphatic rings. The average molecular weight is 295 g/mol. The van der Waals surface area contributed by atoms with Crippen molar-refractivity contribution in [3.63, 3.8) is 0 Å². The number of benzene rings is 2. The van der Waals surface area contributed by atoms with Crippen molar-refractivity contribution in [3.8, 4) is 11.1 Å². The topological polar surface area (TPSA) is 66.4 Å². The lowest BCUT2D eigenvalue weighted by Gasteiger charge is -2.10. The summed E-state index contributed by atoms with van der Waals surface area (Å²) < 4.78 is 0. The molecular weight excluding hydrogens is 278 g/mol. The van der Waals surface area contributed by atoms with E-state index < -0.39 is 5.97 Å². The Balaban J connectivity index is 1.87. The van der Waals surface area contributed by atoms with Gasteiger partial charge in [0.05, 0.1) is 5.56 Å². The van der Waals surface area contributed by atoms with Crippen molar-refractivity contribution in [1.29, 1.82) is 0 Å². The summed E-state index contributed by atoms with van der Waals surface area (Å²) in [6.45, 7) is 0.248. The normalized spacial score (nSPS) is 13.6. The predicted molar refractivity (Wildman–Crippen MR) is 83.4 cm³/mol. The van der Waals surface area contributed by atoms with E-state index >= 15 is 0 Å².